The van der Waals surface area contributed by atoms with Gasteiger partial charge in [-0.2, -0.15) is 20.1 Å². The van der Waals surface area contributed by atoms with Gasteiger partial charge in [-0.15, -0.1) is 0 Å². The molecule has 0 atom stereocenters. The van der Waals surface area contributed by atoms with Gasteiger partial charge in [0.05, 0.1) is 19.4 Å². The lowest BCUT2D eigenvalue weighted by Crippen LogP contribution is -2.37. The van der Waals surface area contributed by atoms with E-state index in [0.717, 1.165) is 22.0 Å². The highest BCUT2D eigenvalue weighted by Gasteiger charge is 2.17. The third kappa shape index (κ3) is 5.02. The van der Waals surface area contributed by atoms with Crippen LogP contribution in [0.15, 0.2) is 71.8 Å². The number of hydrogen-bond acceptors (Lipinski definition) is 8. The quantitative estimate of drug-likeness (QED) is 0.319. The number of ether oxygens (including phenoxy) is 1. The fraction of sp³-hybridized carbons (Fsp3) is 0.167. The Morgan fingerprint density at radius 1 is 0.879 bits per heavy atom. The van der Waals surface area contributed by atoms with E-state index in [0.29, 0.717) is 49.2 Å². The van der Waals surface area contributed by atoms with Crippen molar-refractivity contribution in [3.63, 3.8) is 0 Å². The molecule has 0 unspecified atom stereocenters. The van der Waals surface area contributed by atoms with Crippen LogP contribution in [-0.4, -0.2) is 47.5 Å². The molecule has 8 nitrogen and oxygen atoms in total. The predicted molar refractivity (Wildman–Crippen MR) is 133 cm³/mol. The van der Waals surface area contributed by atoms with Gasteiger partial charge >= 0.3 is 0 Å². The highest BCUT2D eigenvalue weighted by atomic mass is 35.5. The fourth-order valence-electron chi connectivity index (χ4n) is 3.57. The molecule has 5 rings (SSSR count). The maximum Gasteiger partial charge on any atom is 0.250 e. The van der Waals surface area contributed by atoms with Gasteiger partial charge in [-0.1, -0.05) is 66.2 Å². The maximum atomic E-state index is 6.21. The Labute approximate surface area is 196 Å². The second-order valence-electron chi connectivity index (χ2n) is 7.43. The molecular weight excluding hydrogens is 438 g/mol. The Bertz CT molecular complexity index is 1290. The lowest BCUT2D eigenvalue weighted by Gasteiger charge is -2.27. The van der Waals surface area contributed by atoms with Gasteiger partial charge in [0.15, 0.2) is 0 Å². The SMILES string of the molecule is Clc1ccccc1/C=N/Nc1nc(Nc2cccc3ccccc23)nc(N2CCOCC2)n1. The van der Waals surface area contributed by atoms with Crippen LogP contribution in [0.5, 0.6) is 0 Å². The molecule has 0 bridgehead atoms. The highest BCUT2D eigenvalue weighted by Crippen LogP contribution is 2.26. The lowest BCUT2D eigenvalue weighted by molar-refractivity contribution is 0.122. The molecule has 9 heteroatoms. The Hall–Kier alpha value is -3.75. The molecule has 2 N–H and O–H groups in total. The molecule has 0 spiro atoms. The van der Waals surface area contributed by atoms with Gasteiger partial charge < -0.3 is 15.0 Å². The Morgan fingerprint density at radius 2 is 1.64 bits per heavy atom. The van der Waals surface area contributed by atoms with E-state index in [1.165, 1.54) is 0 Å². The van der Waals surface area contributed by atoms with Crippen molar-refractivity contribution in [3.05, 3.63) is 77.3 Å². The van der Waals surface area contributed by atoms with Crippen LogP contribution < -0.4 is 15.6 Å². The average Bonchev–Trinajstić information content (AvgIpc) is 2.86. The van der Waals surface area contributed by atoms with Crippen molar-refractivity contribution in [2.45, 2.75) is 0 Å². The molecule has 1 fully saturated rings. The standard InChI is InChI=1S/C24H22ClN7O/c25-20-10-4-2-7-18(20)16-26-31-23-28-22(29-24(30-23)32-12-14-33-15-13-32)27-21-11-5-8-17-6-1-3-9-19(17)21/h1-11,16H,12-15H2,(H2,27,28,29,30,31)/b26-16+. The first-order valence-corrected chi connectivity index (χ1v) is 11.0. The van der Waals surface area contributed by atoms with Gasteiger partial charge in [-0.25, -0.2) is 5.43 Å². The van der Waals surface area contributed by atoms with Crippen molar-refractivity contribution in [3.8, 4) is 0 Å². The van der Waals surface area contributed by atoms with Crippen molar-refractivity contribution in [2.75, 3.05) is 41.9 Å². The fourth-order valence-corrected chi connectivity index (χ4v) is 3.75. The molecule has 1 aliphatic rings. The number of fused-ring (bicyclic) bond motifs is 1. The molecule has 4 aromatic rings. The summed E-state index contributed by atoms with van der Waals surface area (Å²) in [7, 11) is 0. The van der Waals surface area contributed by atoms with Crippen molar-refractivity contribution in [1.82, 2.24) is 15.0 Å². The van der Waals surface area contributed by atoms with Crippen molar-refractivity contribution in [2.24, 2.45) is 5.10 Å². The zero-order valence-electron chi connectivity index (χ0n) is 17.8. The van der Waals surface area contributed by atoms with Crippen LogP contribution in [0.1, 0.15) is 5.56 Å². The molecular formula is C24H22ClN7O. The zero-order chi connectivity index (χ0) is 22.5. The number of nitrogens with zero attached hydrogens (tertiary/aromatic N) is 5. The van der Waals surface area contributed by atoms with Crippen LogP contribution in [0.3, 0.4) is 0 Å². The van der Waals surface area contributed by atoms with E-state index in [1.54, 1.807) is 6.21 Å². The zero-order valence-corrected chi connectivity index (χ0v) is 18.5. The Morgan fingerprint density at radius 3 is 2.52 bits per heavy atom. The van der Waals surface area contributed by atoms with Gasteiger partial charge in [0.25, 0.3) is 0 Å². The Kier molecular flexibility index (Phi) is 6.27. The third-order valence-corrected chi connectivity index (χ3v) is 5.57. The van der Waals surface area contributed by atoms with Gasteiger partial charge in [-0.3, -0.25) is 0 Å². The average molecular weight is 460 g/mol. The van der Waals surface area contributed by atoms with E-state index in [4.69, 9.17) is 16.3 Å². The van der Waals surface area contributed by atoms with E-state index in [9.17, 15) is 0 Å². The van der Waals surface area contributed by atoms with Crippen molar-refractivity contribution < 1.29 is 4.74 Å². The summed E-state index contributed by atoms with van der Waals surface area (Å²) in [6.07, 6.45) is 1.64. The maximum absolute atomic E-state index is 6.21. The first-order valence-electron chi connectivity index (χ1n) is 10.6. The number of hydrazone groups is 1. The van der Waals surface area contributed by atoms with E-state index in [-0.39, 0.29) is 0 Å². The van der Waals surface area contributed by atoms with Crippen molar-refractivity contribution in [1.29, 1.82) is 0 Å². The number of morpholine rings is 1. The first kappa shape index (κ1) is 21.1. The summed E-state index contributed by atoms with van der Waals surface area (Å²) >= 11 is 6.21. The van der Waals surface area contributed by atoms with Gasteiger partial charge in [0.1, 0.15) is 0 Å². The number of nitrogens with one attached hydrogen (secondary N) is 2. The molecule has 33 heavy (non-hydrogen) atoms. The summed E-state index contributed by atoms with van der Waals surface area (Å²) in [6, 6.07) is 21.7. The van der Waals surface area contributed by atoms with E-state index in [2.05, 4.69) is 53.9 Å². The third-order valence-electron chi connectivity index (χ3n) is 5.23. The molecule has 0 aliphatic carbocycles. The normalized spacial score (nSPS) is 14.0. The second kappa shape index (κ2) is 9.81. The summed E-state index contributed by atoms with van der Waals surface area (Å²) in [5.41, 5.74) is 4.62. The van der Waals surface area contributed by atoms with Crippen LogP contribution >= 0.6 is 11.6 Å². The number of halogens is 1. The van der Waals surface area contributed by atoms with Crippen molar-refractivity contribution >= 4 is 52.1 Å². The second-order valence-corrected chi connectivity index (χ2v) is 7.83. The molecule has 0 radical (unpaired) electrons. The summed E-state index contributed by atoms with van der Waals surface area (Å²) in [4.78, 5) is 15.8. The number of benzene rings is 3. The first-order chi connectivity index (χ1) is 16.3. The van der Waals surface area contributed by atoms with Crippen LogP contribution in [0.2, 0.25) is 5.02 Å². The molecule has 1 aliphatic heterocycles. The highest BCUT2D eigenvalue weighted by molar-refractivity contribution is 6.33. The molecule has 1 aromatic heterocycles. The summed E-state index contributed by atoms with van der Waals surface area (Å²) in [5, 5.41) is 10.5. The van der Waals surface area contributed by atoms with E-state index in [1.807, 2.05) is 48.5 Å². The monoisotopic (exact) mass is 459 g/mol. The minimum atomic E-state index is 0.331. The van der Waals surface area contributed by atoms with Crippen LogP contribution in [0.4, 0.5) is 23.5 Å². The summed E-state index contributed by atoms with van der Waals surface area (Å²) < 4.78 is 5.47. The van der Waals surface area contributed by atoms with Gasteiger partial charge in [0, 0.05) is 34.7 Å². The number of aromatic nitrogens is 3. The van der Waals surface area contributed by atoms with E-state index >= 15 is 0 Å². The predicted octanol–water partition coefficient (Wildman–Crippen LogP) is 4.70. The minimum absolute atomic E-state index is 0.331. The Balaban J connectivity index is 1.45. The summed E-state index contributed by atoms with van der Waals surface area (Å²) in [6.45, 7) is 2.68. The van der Waals surface area contributed by atoms with Gasteiger partial charge in [-0.05, 0) is 17.5 Å². The number of anilines is 4. The largest absolute Gasteiger partial charge is 0.378 e. The summed E-state index contributed by atoms with van der Waals surface area (Å²) in [5.74, 6) is 1.32. The lowest BCUT2D eigenvalue weighted by atomic mass is 10.1. The molecule has 1 saturated heterocycles. The molecule has 0 saturated carbocycles. The van der Waals surface area contributed by atoms with Crippen LogP contribution in [-0.2, 0) is 4.74 Å². The topological polar surface area (TPSA) is 87.6 Å². The van der Waals surface area contributed by atoms with Crippen LogP contribution in [0.25, 0.3) is 10.8 Å². The molecule has 2 heterocycles. The van der Waals surface area contributed by atoms with E-state index < -0.39 is 0 Å². The number of rotatable bonds is 6. The number of hydrogen-bond donors (Lipinski definition) is 2. The minimum Gasteiger partial charge on any atom is -0.378 e. The molecule has 0 amide bonds. The van der Waals surface area contributed by atoms with Crippen LogP contribution in [0, 0.1) is 0 Å². The smallest absolute Gasteiger partial charge is 0.250 e. The molecule has 3 aromatic carbocycles. The molecule has 166 valence electrons. The van der Waals surface area contributed by atoms with Gasteiger partial charge in [0.2, 0.25) is 17.8 Å².